The van der Waals surface area contributed by atoms with Gasteiger partial charge in [0.05, 0.1) is 16.8 Å². The van der Waals surface area contributed by atoms with Crippen molar-refractivity contribution in [3.8, 4) is 5.75 Å². The molecule has 156 valence electrons. The molecule has 9 heteroatoms. The highest BCUT2D eigenvalue weighted by atomic mass is 35.5. The van der Waals surface area contributed by atoms with Crippen LogP contribution in [0.1, 0.15) is 34.6 Å². The number of nitrogens with zero attached hydrogens (tertiary/aromatic N) is 3. The van der Waals surface area contributed by atoms with Gasteiger partial charge in [-0.05, 0) is 55.6 Å². The molecular weight excluding hydrogens is 398 g/mol. The Hall–Kier alpha value is -2.97. The minimum Gasteiger partial charge on any atom is -0.506 e. The Balaban J connectivity index is 0.00000420. The molecule has 2 aromatic carbocycles. The molecule has 0 spiro atoms. The quantitative estimate of drug-likeness (QED) is 0.457. The van der Waals surface area contributed by atoms with Gasteiger partial charge >= 0.3 is 11.9 Å². The van der Waals surface area contributed by atoms with Crippen molar-refractivity contribution in [2.75, 3.05) is 26.2 Å². The predicted octanol–water partition coefficient (Wildman–Crippen LogP) is 4.43. The molecule has 0 aromatic heterocycles. The first-order valence-corrected chi connectivity index (χ1v) is 8.92. The lowest BCUT2D eigenvalue weighted by atomic mass is 10.2. The summed E-state index contributed by atoms with van der Waals surface area (Å²) in [6, 6.07) is 10.1. The smallest absolute Gasteiger partial charge is 0.338 e. The van der Waals surface area contributed by atoms with Crippen molar-refractivity contribution in [3.05, 3.63) is 53.6 Å². The van der Waals surface area contributed by atoms with E-state index in [1.807, 2.05) is 0 Å². The summed E-state index contributed by atoms with van der Waals surface area (Å²) in [6.07, 6.45) is 0. The van der Waals surface area contributed by atoms with Crippen molar-refractivity contribution < 1.29 is 24.5 Å². The highest BCUT2D eigenvalue weighted by Crippen LogP contribution is 2.29. The van der Waals surface area contributed by atoms with Gasteiger partial charge < -0.3 is 19.8 Å². The molecule has 0 atom stereocenters. The molecule has 0 amide bonds. The standard InChI is InChI=1S/C20H23N3O5.ClH/c1-3-23(4-2)11-12-28-20(27)14-5-8-16(9-6-14)21-22-17-13-15(19(25)26)7-10-18(17)24;/h5-10,13,24H,3-4,11-12H2,1-2H3,(H,25,26);1H. The molecule has 2 N–H and O–H groups in total. The van der Waals surface area contributed by atoms with Crippen LogP contribution in [0.2, 0.25) is 0 Å². The second-order valence-electron chi connectivity index (χ2n) is 5.92. The van der Waals surface area contributed by atoms with Crippen LogP contribution in [0.15, 0.2) is 52.7 Å². The van der Waals surface area contributed by atoms with E-state index in [0.29, 0.717) is 24.4 Å². The number of hydrogen-bond donors (Lipinski definition) is 2. The van der Waals surface area contributed by atoms with E-state index in [4.69, 9.17) is 9.84 Å². The predicted molar refractivity (Wildman–Crippen MR) is 111 cm³/mol. The third-order valence-corrected chi connectivity index (χ3v) is 4.13. The van der Waals surface area contributed by atoms with E-state index in [1.165, 1.54) is 18.2 Å². The van der Waals surface area contributed by atoms with Gasteiger partial charge in [0.1, 0.15) is 18.0 Å². The Morgan fingerprint density at radius 1 is 1.00 bits per heavy atom. The molecule has 2 aromatic rings. The van der Waals surface area contributed by atoms with Gasteiger partial charge in [-0.25, -0.2) is 9.59 Å². The monoisotopic (exact) mass is 421 g/mol. The summed E-state index contributed by atoms with van der Waals surface area (Å²) in [5, 5.41) is 26.6. The average Bonchev–Trinajstić information content (AvgIpc) is 2.70. The molecule has 2 rings (SSSR count). The minimum atomic E-state index is -1.12. The maximum Gasteiger partial charge on any atom is 0.338 e. The lowest BCUT2D eigenvalue weighted by Crippen LogP contribution is -2.27. The van der Waals surface area contributed by atoms with Crippen molar-refractivity contribution in [3.63, 3.8) is 0 Å². The van der Waals surface area contributed by atoms with Crippen LogP contribution < -0.4 is 0 Å². The van der Waals surface area contributed by atoms with Crippen LogP contribution in [-0.2, 0) is 4.74 Å². The zero-order valence-electron chi connectivity index (χ0n) is 16.2. The van der Waals surface area contributed by atoms with Crippen LogP contribution in [0.4, 0.5) is 11.4 Å². The molecule has 0 saturated heterocycles. The number of likely N-dealkylation sites (N-methyl/N-ethyl adjacent to an activating group) is 1. The maximum absolute atomic E-state index is 12.1. The molecule has 0 aliphatic carbocycles. The van der Waals surface area contributed by atoms with Gasteiger partial charge in [0, 0.05) is 6.54 Å². The molecule has 8 nitrogen and oxygen atoms in total. The van der Waals surface area contributed by atoms with E-state index >= 15 is 0 Å². The Labute approximate surface area is 175 Å². The number of rotatable bonds is 9. The Morgan fingerprint density at radius 3 is 2.21 bits per heavy atom. The van der Waals surface area contributed by atoms with Gasteiger partial charge in [0.25, 0.3) is 0 Å². The Morgan fingerprint density at radius 2 is 1.62 bits per heavy atom. The number of azo groups is 1. The molecule has 0 bridgehead atoms. The van der Waals surface area contributed by atoms with Gasteiger partial charge in [0.2, 0.25) is 0 Å². The summed E-state index contributed by atoms with van der Waals surface area (Å²) in [7, 11) is 0. The molecule has 0 heterocycles. The van der Waals surface area contributed by atoms with E-state index in [9.17, 15) is 14.7 Å². The van der Waals surface area contributed by atoms with E-state index in [0.717, 1.165) is 13.1 Å². The molecule has 0 saturated carbocycles. The number of phenols is 1. The third kappa shape index (κ3) is 7.17. The second-order valence-corrected chi connectivity index (χ2v) is 5.92. The number of aromatic carboxylic acids is 1. The largest absolute Gasteiger partial charge is 0.506 e. The fraction of sp³-hybridized carbons (Fsp3) is 0.300. The molecule has 0 unspecified atom stereocenters. The summed E-state index contributed by atoms with van der Waals surface area (Å²) >= 11 is 0. The van der Waals surface area contributed by atoms with E-state index in [2.05, 4.69) is 29.0 Å². The lowest BCUT2D eigenvalue weighted by molar-refractivity contribution is 0.0466. The van der Waals surface area contributed by atoms with Crippen LogP contribution in [0, 0.1) is 0 Å². The first-order valence-electron chi connectivity index (χ1n) is 8.92. The lowest BCUT2D eigenvalue weighted by Gasteiger charge is -2.17. The number of esters is 1. The van der Waals surface area contributed by atoms with Gasteiger partial charge in [-0.2, -0.15) is 5.11 Å². The molecule has 0 radical (unpaired) electrons. The average molecular weight is 422 g/mol. The van der Waals surface area contributed by atoms with Gasteiger partial charge in [-0.1, -0.05) is 13.8 Å². The number of carboxylic acids is 1. The van der Waals surface area contributed by atoms with E-state index < -0.39 is 11.9 Å². The van der Waals surface area contributed by atoms with Crippen LogP contribution in [0.3, 0.4) is 0 Å². The first-order chi connectivity index (χ1) is 13.4. The summed E-state index contributed by atoms with van der Waals surface area (Å²) in [5.41, 5.74) is 0.878. The maximum atomic E-state index is 12.1. The summed E-state index contributed by atoms with van der Waals surface area (Å²) in [5.74, 6) is -1.72. The van der Waals surface area contributed by atoms with Crippen LogP contribution >= 0.6 is 12.4 Å². The number of carbonyl (C=O) groups excluding carboxylic acids is 1. The van der Waals surface area contributed by atoms with Crippen molar-refractivity contribution in [1.82, 2.24) is 4.90 Å². The summed E-state index contributed by atoms with van der Waals surface area (Å²) in [6.45, 7) is 6.91. The molecule has 0 aliphatic rings. The fourth-order valence-electron chi connectivity index (χ4n) is 2.40. The van der Waals surface area contributed by atoms with E-state index in [1.54, 1.807) is 24.3 Å². The van der Waals surface area contributed by atoms with Crippen molar-refractivity contribution >= 4 is 35.7 Å². The SMILES string of the molecule is CCN(CC)CCOC(=O)c1ccc(N=Nc2cc(C(=O)O)ccc2O)cc1.Cl. The summed E-state index contributed by atoms with van der Waals surface area (Å²) in [4.78, 5) is 25.2. The van der Waals surface area contributed by atoms with Gasteiger partial charge in [-0.15, -0.1) is 17.5 Å². The minimum absolute atomic E-state index is 0. The zero-order valence-corrected chi connectivity index (χ0v) is 17.1. The topological polar surface area (TPSA) is 112 Å². The van der Waals surface area contributed by atoms with Crippen LogP contribution in [0.5, 0.6) is 5.75 Å². The second kappa shape index (κ2) is 11.8. The Bertz CT molecular complexity index is 852. The zero-order chi connectivity index (χ0) is 20.5. The van der Waals surface area contributed by atoms with Gasteiger partial charge in [-0.3, -0.25) is 0 Å². The van der Waals surface area contributed by atoms with Crippen molar-refractivity contribution in [1.29, 1.82) is 0 Å². The number of aromatic hydroxyl groups is 1. The normalized spacial score (nSPS) is 10.7. The number of ether oxygens (including phenoxy) is 1. The number of carbonyl (C=O) groups is 2. The molecule has 0 aliphatic heterocycles. The number of carboxylic acid groups (broad SMARTS) is 1. The number of phenolic OH excluding ortho intramolecular Hbond substituents is 1. The van der Waals surface area contributed by atoms with Crippen LogP contribution in [-0.4, -0.2) is 53.3 Å². The number of benzene rings is 2. The van der Waals surface area contributed by atoms with Gasteiger partial charge in [0.15, 0.2) is 0 Å². The molecule has 0 fully saturated rings. The fourth-order valence-corrected chi connectivity index (χ4v) is 2.40. The van der Waals surface area contributed by atoms with Crippen molar-refractivity contribution in [2.45, 2.75) is 13.8 Å². The number of hydrogen-bond acceptors (Lipinski definition) is 7. The summed E-state index contributed by atoms with van der Waals surface area (Å²) < 4.78 is 5.26. The highest BCUT2D eigenvalue weighted by Gasteiger charge is 2.09. The first kappa shape index (κ1) is 24.1. The van der Waals surface area contributed by atoms with Crippen molar-refractivity contribution in [2.24, 2.45) is 10.2 Å². The molecule has 29 heavy (non-hydrogen) atoms. The molecular formula is C20H24ClN3O5. The highest BCUT2D eigenvalue weighted by molar-refractivity contribution is 5.90. The third-order valence-electron chi connectivity index (χ3n) is 4.13. The Kier molecular flexibility index (Phi) is 9.78. The van der Waals surface area contributed by atoms with Crippen LogP contribution in [0.25, 0.3) is 0 Å². The number of halogens is 1. The van der Waals surface area contributed by atoms with E-state index in [-0.39, 0.29) is 29.4 Å².